The Hall–Kier alpha value is -2.34. The Morgan fingerprint density at radius 2 is 1.55 bits per heavy atom. The molecule has 0 radical (unpaired) electrons. The van der Waals surface area contributed by atoms with Gasteiger partial charge in [-0.3, -0.25) is 4.79 Å². The number of carbonyl (C=O) groups is 1. The van der Waals surface area contributed by atoms with Crippen LogP contribution in [0.1, 0.15) is 15.9 Å². The Bertz CT molecular complexity index is 1010. The molecule has 0 aromatic heterocycles. The highest BCUT2D eigenvalue weighted by atomic mass is 35.5. The molecule has 0 bridgehead atoms. The molecule has 4 nitrogen and oxygen atoms in total. The van der Waals surface area contributed by atoms with Crippen LogP contribution in [0.15, 0.2) is 65.6 Å². The van der Waals surface area contributed by atoms with E-state index in [0.717, 1.165) is 16.2 Å². The first-order chi connectivity index (χ1) is 14.0. The second-order valence-electron chi connectivity index (χ2n) is 6.07. The van der Waals surface area contributed by atoms with Crippen molar-refractivity contribution >= 4 is 46.6 Å². The largest absolute Gasteiger partial charge is 0.496 e. The van der Waals surface area contributed by atoms with E-state index in [1.54, 1.807) is 56.3 Å². The molecule has 29 heavy (non-hydrogen) atoms. The fourth-order valence-electron chi connectivity index (χ4n) is 2.70. The van der Waals surface area contributed by atoms with Crippen LogP contribution >= 0.6 is 35.0 Å². The molecule has 0 spiro atoms. The van der Waals surface area contributed by atoms with Gasteiger partial charge >= 0.3 is 0 Å². The van der Waals surface area contributed by atoms with Crippen molar-refractivity contribution < 1.29 is 14.3 Å². The molecule has 3 rings (SSSR count). The predicted octanol–water partition coefficient (Wildman–Crippen LogP) is 6.56. The van der Waals surface area contributed by atoms with E-state index in [0.29, 0.717) is 32.8 Å². The molecule has 0 saturated heterocycles. The van der Waals surface area contributed by atoms with Crippen LogP contribution < -0.4 is 14.8 Å². The van der Waals surface area contributed by atoms with Crippen molar-refractivity contribution in [3.8, 4) is 11.5 Å². The molecule has 0 unspecified atom stereocenters. The second-order valence-corrected chi connectivity index (χ2v) is 7.99. The summed E-state index contributed by atoms with van der Waals surface area (Å²) in [6.45, 7) is 0. The summed E-state index contributed by atoms with van der Waals surface area (Å²) in [7, 11) is 3.15. The van der Waals surface area contributed by atoms with Gasteiger partial charge in [0.05, 0.1) is 19.9 Å². The summed E-state index contributed by atoms with van der Waals surface area (Å²) in [6, 6.07) is 18.0. The fourth-order valence-corrected chi connectivity index (χ4v) is 3.87. The number of amides is 1. The van der Waals surface area contributed by atoms with Crippen molar-refractivity contribution in [1.29, 1.82) is 0 Å². The summed E-state index contributed by atoms with van der Waals surface area (Å²) < 4.78 is 10.7. The summed E-state index contributed by atoms with van der Waals surface area (Å²) in [5.41, 5.74) is 1.94. The minimum Gasteiger partial charge on any atom is -0.496 e. The van der Waals surface area contributed by atoms with Crippen LogP contribution in [-0.2, 0) is 5.75 Å². The molecule has 0 heterocycles. The van der Waals surface area contributed by atoms with E-state index in [1.807, 2.05) is 30.3 Å². The Labute approximate surface area is 184 Å². The lowest BCUT2D eigenvalue weighted by Gasteiger charge is -2.13. The molecule has 3 aromatic rings. The van der Waals surface area contributed by atoms with Gasteiger partial charge in [0.25, 0.3) is 5.91 Å². The van der Waals surface area contributed by atoms with Gasteiger partial charge in [-0.05, 0) is 60.7 Å². The zero-order valence-electron chi connectivity index (χ0n) is 15.9. The first-order valence-corrected chi connectivity index (χ1v) is 10.4. The van der Waals surface area contributed by atoms with Gasteiger partial charge in [-0.1, -0.05) is 23.2 Å². The number of benzene rings is 3. The summed E-state index contributed by atoms with van der Waals surface area (Å²) in [5, 5.41) is 4.06. The van der Waals surface area contributed by atoms with Gasteiger partial charge in [-0.25, -0.2) is 0 Å². The van der Waals surface area contributed by atoms with E-state index in [1.165, 1.54) is 0 Å². The molecule has 1 N–H and O–H groups in total. The average molecular weight is 448 g/mol. The molecule has 0 fully saturated rings. The van der Waals surface area contributed by atoms with Crippen molar-refractivity contribution in [2.24, 2.45) is 0 Å². The Balaban J connectivity index is 1.79. The van der Waals surface area contributed by atoms with Crippen LogP contribution in [0.5, 0.6) is 11.5 Å². The fraction of sp³-hybridized carbons (Fsp3) is 0.136. The normalized spacial score (nSPS) is 10.5. The smallest absolute Gasteiger partial charge is 0.255 e. The lowest BCUT2D eigenvalue weighted by Crippen LogP contribution is -2.13. The number of nitrogens with one attached hydrogen (secondary N) is 1. The predicted molar refractivity (Wildman–Crippen MR) is 120 cm³/mol. The summed E-state index contributed by atoms with van der Waals surface area (Å²) in [5.74, 6) is 1.65. The first-order valence-electron chi connectivity index (χ1n) is 8.70. The maximum absolute atomic E-state index is 12.8. The van der Waals surface area contributed by atoms with Crippen molar-refractivity contribution in [3.63, 3.8) is 0 Å². The zero-order valence-corrected chi connectivity index (χ0v) is 18.2. The number of hydrogen-bond acceptors (Lipinski definition) is 4. The SMILES string of the molecule is COc1ccc(C(=O)Nc2cc(Cl)ccc2OC)cc1CSc1ccc(Cl)cc1. The number of methoxy groups -OCH3 is 2. The van der Waals surface area contributed by atoms with Crippen LogP contribution in [0.4, 0.5) is 5.69 Å². The average Bonchev–Trinajstić information content (AvgIpc) is 2.73. The van der Waals surface area contributed by atoms with Crippen LogP contribution in [0.2, 0.25) is 10.0 Å². The van der Waals surface area contributed by atoms with Gasteiger partial charge in [0.1, 0.15) is 11.5 Å². The Morgan fingerprint density at radius 3 is 2.24 bits per heavy atom. The molecule has 0 aliphatic carbocycles. The molecule has 7 heteroatoms. The minimum atomic E-state index is -0.258. The maximum Gasteiger partial charge on any atom is 0.255 e. The van der Waals surface area contributed by atoms with Crippen molar-refractivity contribution in [1.82, 2.24) is 0 Å². The van der Waals surface area contributed by atoms with Crippen molar-refractivity contribution in [2.75, 3.05) is 19.5 Å². The van der Waals surface area contributed by atoms with Gasteiger partial charge in [-0.15, -0.1) is 11.8 Å². The molecule has 150 valence electrons. The quantitative estimate of drug-likeness (QED) is 0.416. The molecule has 0 saturated carbocycles. The highest BCUT2D eigenvalue weighted by Gasteiger charge is 2.13. The third kappa shape index (κ3) is 5.60. The van der Waals surface area contributed by atoms with Gasteiger partial charge in [0.2, 0.25) is 0 Å². The van der Waals surface area contributed by atoms with Gasteiger partial charge < -0.3 is 14.8 Å². The second kappa shape index (κ2) is 9.92. The van der Waals surface area contributed by atoms with Crippen molar-refractivity contribution in [3.05, 3.63) is 81.8 Å². The summed E-state index contributed by atoms with van der Waals surface area (Å²) in [6.07, 6.45) is 0. The molecule has 0 aliphatic rings. The van der Waals surface area contributed by atoms with Gasteiger partial charge in [-0.2, -0.15) is 0 Å². The molecule has 0 atom stereocenters. The molecular weight excluding hydrogens is 429 g/mol. The van der Waals surface area contributed by atoms with Crippen LogP contribution in [0.3, 0.4) is 0 Å². The number of halogens is 2. The van der Waals surface area contributed by atoms with E-state index in [-0.39, 0.29) is 5.91 Å². The topological polar surface area (TPSA) is 47.6 Å². The Kier molecular flexibility index (Phi) is 7.31. The van der Waals surface area contributed by atoms with Crippen LogP contribution in [0.25, 0.3) is 0 Å². The lowest BCUT2D eigenvalue weighted by atomic mass is 10.1. The number of anilines is 1. The number of ether oxygens (including phenoxy) is 2. The highest BCUT2D eigenvalue weighted by Crippen LogP contribution is 2.31. The van der Waals surface area contributed by atoms with E-state index < -0.39 is 0 Å². The summed E-state index contributed by atoms with van der Waals surface area (Å²) >= 11 is 13.6. The van der Waals surface area contributed by atoms with E-state index >= 15 is 0 Å². The van der Waals surface area contributed by atoms with E-state index in [9.17, 15) is 4.79 Å². The minimum absolute atomic E-state index is 0.258. The molecule has 0 aliphatic heterocycles. The number of thioether (sulfide) groups is 1. The molecule has 1 amide bonds. The van der Waals surface area contributed by atoms with E-state index in [2.05, 4.69) is 5.32 Å². The number of hydrogen-bond donors (Lipinski definition) is 1. The lowest BCUT2D eigenvalue weighted by molar-refractivity contribution is 0.102. The van der Waals surface area contributed by atoms with Crippen molar-refractivity contribution in [2.45, 2.75) is 10.6 Å². The van der Waals surface area contributed by atoms with Gasteiger partial charge in [0, 0.05) is 31.8 Å². The first kappa shape index (κ1) is 21.4. The third-order valence-corrected chi connectivity index (χ3v) is 5.71. The highest BCUT2D eigenvalue weighted by molar-refractivity contribution is 7.98. The standard InChI is InChI=1S/C22H19Cl2NO3S/c1-27-20-9-3-14(11-15(20)13-29-18-7-4-16(23)5-8-18)22(26)25-19-12-17(24)6-10-21(19)28-2/h3-12H,13H2,1-2H3,(H,25,26). The molecular formula is C22H19Cl2NO3S. The molecule has 3 aromatic carbocycles. The number of carbonyl (C=O) groups excluding carboxylic acids is 1. The summed E-state index contributed by atoms with van der Waals surface area (Å²) in [4.78, 5) is 13.9. The monoisotopic (exact) mass is 447 g/mol. The van der Waals surface area contributed by atoms with Crippen LogP contribution in [0, 0.1) is 0 Å². The van der Waals surface area contributed by atoms with Crippen LogP contribution in [-0.4, -0.2) is 20.1 Å². The van der Waals surface area contributed by atoms with Gasteiger partial charge in [0.15, 0.2) is 0 Å². The maximum atomic E-state index is 12.8. The Morgan fingerprint density at radius 1 is 0.897 bits per heavy atom. The third-order valence-electron chi connectivity index (χ3n) is 4.16. The van der Waals surface area contributed by atoms with E-state index in [4.69, 9.17) is 32.7 Å². The number of rotatable bonds is 7. The zero-order chi connectivity index (χ0) is 20.8.